The van der Waals surface area contributed by atoms with E-state index in [1.807, 2.05) is 18.2 Å². The second-order valence-electron chi connectivity index (χ2n) is 4.36. The van der Waals surface area contributed by atoms with E-state index >= 15 is 0 Å². The largest absolute Gasteiger partial charge is 0.462 e. The molecular formula is C12H14N2O. The number of nitrogens with one attached hydrogen (secondary N) is 1. The summed E-state index contributed by atoms with van der Waals surface area (Å²) in [5, 5.41) is 4.48. The summed E-state index contributed by atoms with van der Waals surface area (Å²) in [6.07, 6.45) is 4.00. The Kier molecular flexibility index (Phi) is 1.76. The molecule has 1 heterocycles. The Balaban J connectivity index is 1.84. The number of hydrogen-bond acceptors (Lipinski definition) is 3. The van der Waals surface area contributed by atoms with Crippen LogP contribution in [-0.4, -0.2) is 12.1 Å². The topological polar surface area (TPSA) is 51.2 Å². The van der Waals surface area contributed by atoms with Crippen LogP contribution in [0.15, 0.2) is 34.9 Å². The van der Waals surface area contributed by atoms with Gasteiger partial charge in [0, 0.05) is 17.5 Å². The monoisotopic (exact) mass is 202 g/mol. The van der Waals surface area contributed by atoms with Crippen LogP contribution in [-0.2, 0) is 0 Å². The Morgan fingerprint density at radius 3 is 2.93 bits per heavy atom. The van der Waals surface area contributed by atoms with E-state index in [-0.39, 0.29) is 5.54 Å². The minimum atomic E-state index is 0.0262. The van der Waals surface area contributed by atoms with Gasteiger partial charge >= 0.3 is 0 Å². The van der Waals surface area contributed by atoms with Gasteiger partial charge in [0.25, 0.3) is 0 Å². The van der Waals surface area contributed by atoms with E-state index in [9.17, 15) is 0 Å². The predicted molar refractivity (Wildman–Crippen MR) is 60.9 cm³/mol. The second kappa shape index (κ2) is 3.00. The van der Waals surface area contributed by atoms with Gasteiger partial charge in [-0.3, -0.25) is 0 Å². The van der Waals surface area contributed by atoms with E-state index in [0.717, 1.165) is 36.0 Å². The molecule has 3 rings (SSSR count). The van der Waals surface area contributed by atoms with E-state index in [2.05, 4.69) is 11.4 Å². The average molecular weight is 202 g/mol. The number of benzene rings is 1. The first-order valence-corrected chi connectivity index (χ1v) is 5.26. The summed E-state index contributed by atoms with van der Waals surface area (Å²) in [7, 11) is 0. The molecule has 1 fully saturated rings. The molecule has 0 atom stereocenters. The molecule has 1 aromatic carbocycles. The summed E-state index contributed by atoms with van der Waals surface area (Å²) in [5.74, 6) is 0. The van der Waals surface area contributed by atoms with Crippen LogP contribution in [0.1, 0.15) is 12.8 Å². The highest BCUT2D eigenvalue weighted by atomic mass is 16.3. The number of fused-ring (bicyclic) bond motifs is 1. The van der Waals surface area contributed by atoms with Gasteiger partial charge in [-0.2, -0.15) is 0 Å². The van der Waals surface area contributed by atoms with Crippen molar-refractivity contribution >= 4 is 16.7 Å². The van der Waals surface area contributed by atoms with Crippen molar-refractivity contribution in [2.24, 2.45) is 5.73 Å². The minimum absolute atomic E-state index is 0.0262. The fraction of sp³-hybridized carbons (Fsp3) is 0.333. The molecule has 3 nitrogen and oxygen atoms in total. The van der Waals surface area contributed by atoms with Crippen molar-refractivity contribution in [2.45, 2.75) is 18.4 Å². The van der Waals surface area contributed by atoms with Crippen molar-refractivity contribution < 1.29 is 4.42 Å². The molecule has 0 spiro atoms. The van der Waals surface area contributed by atoms with Gasteiger partial charge in [0.15, 0.2) is 0 Å². The Morgan fingerprint density at radius 2 is 2.13 bits per heavy atom. The molecule has 3 N–H and O–H groups in total. The third-order valence-corrected chi connectivity index (χ3v) is 3.00. The fourth-order valence-electron chi connectivity index (χ4n) is 1.72. The zero-order valence-corrected chi connectivity index (χ0v) is 8.49. The van der Waals surface area contributed by atoms with E-state index in [1.165, 1.54) is 0 Å². The first-order valence-electron chi connectivity index (χ1n) is 5.26. The standard InChI is InChI=1S/C12H14N2O/c13-12(5-6-12)8-14-10-7-15-11-4-2-1-3-9(10)11/h1-4,7,14H,5-6,8,13H2. The first kappa shape index (κ1) is 8.80. The lowest BCUT2D eigenvalue weighted by molar-refractivity contribution is 0.615. The van der Waals surface area contributed by atoms with E-state index in [4.69, 9.17) is 10.2 Å². The van der Waals surface area contributed by atoms with Crippen LogP contribution in [0.3, 0.4) is 0 Å². The molecule has 0 saturated heterocycles. The van der Waals surface area contributed by atoms with E-state index in [0.29, 0.717) is 0 Å². The van der Waals surface area contributed by atoms with E-state index in [1.54, 1.807) is 6.26 Å². The average Bonchev–Trinajstić information content (AvgIpc) is 2.86. The lowest BCUT2D eigenvalue weighted by Gasteiger charge is -2.09. The zero-order valence-electron chi connectivity index (χ0n) is 8.49. The quantitative estimate of drug-likeness (QED) is 0.803. The SMILES string of the molecule is NC1(CNc2coc3ccccc23)CC1. The van der Waals surface area contributed by atoms with Gasteiger partial charge < -0.3 is 15.5 Å². The predicted octanol–water partition coefficient (Wildman–Crippen LogP) is 2.34. The molecule has 1 saturated carbocycles. The van der Waals surface area contributed by atoms with Crippen LogP contribution >= 0.6 is 0 Å². The molecule has 0 amide bonds. The normalized spacial score (nSPS) is 17.9. The molecule has 0 unspecified atom stereocenters. The second-order valence-corrected chi connectivity index (χ2v) is 4.36. The third kappa shape index (κ3) is 1.59. The van der Waals surface area contributed by atoms with Gasteiger partial charge in [0.2, 0.25) is 0 Å². The van der Waals surface area contributed by atoms with Crippen LogP contribution in [0, 0.1) is 0 Å². The molecule has 0 radical (unpaired) electrons. The summed E-state index contributed by atoms with van der Waals surface area (Å²) < 4.78 is 5.43. The van der Waals surface area contributed by atoms with Crippen molar-refractivity contribution in [1.29, 1.82) is 0 Å². The molecule has 2 aromatic rings. The maximum Gasteiger partial charge on any atom is 0.136 e. The first-order chi connectivity index (χ1) is 7.27. The van der Waals surface area contributed by atoms with Gasteiger partial charge in [-0.25, -0.2) is 0 Å². The number of anilines is 1. The van der Waals surface area contributed by atoms with Crippen molar-refractivity contribution in [3.05, 3.63) is 30.5 Å². The zero-order chi connectivity index (χ0) is 10.3. The number of nitrogens with two attached hydrogens (primary N) is 1. The van der Waals surface area contributed by atoms with Crippen molar-refractivity contribution in [3.63, 3.8) is 0 Å². The highest BCUT2D eigenvalue weighted by Gasteiger charge is 2.37. The Hall–Kier alpha value is -1.48. The maximum atomic E-state index is 6.01. The lowest BCUT2D eigenvalue weighted by atomic mass is 10.2. The van der Waals surface area contributed by atoms with Crippen molar-refractivity contribution in [2.75, 3.05) is 11.9 Å². The van der Waals surface area contributed by atoms with Gasteiger partial charge in [0.05, 0.1) is 5.69 Å². The summed E-state index contributed by atoms with van der Waals surface area (Å²) in [6, 6.07) is 8.01. The van der Waals surface area contributed by atoms with Crippen LogP contribution < -0.4 is 11.1 Å². The minimum Gasteiger partial charge on any atom is -0.462 e. The third-order valence-electron chi connectivity index (χ3n) is 3.00. The Bertz CT molecular complexity index is 485. The smallest absolute Gasteiger partial charge is 0.136 e. The Labute approximate surface area is 88.3 Å². The summed E-state index contributed by atoms with van der Waals surface area (Å²) in [4.78, 5) is 0. The fourth-order valence-corrected chi connectivity index (χ4v) is 1.72. The number of hydrogen-bond donors (Lipinski definition) is 2. The molecular weight excluding hydrogens is 188 g/mol. The number of furan rings is 1. The molecule has 0 aliphatic heterocycles. The molecule has 0 bridgehead atoms. The molecule has 1 aliphatic carbocycles. The highest BCUT2D eigenvalue weighted by Crippen LogP contribution is 2.33. The summed E-state index contributed by atoms with van der Waals surface area (Å²) in [6.45, 7) is 0.830. The maximum absolute atomic E-state index is 6.01. The molecule has 1 aromatic heterocycles. The molecule has 78 valence electrons. The summed E-state index contributed by atoms with van der Waals surface area (Å²) in [5.41, 5.74) is 8.00. The van der Waals surface area contributed by atoms with Gasteiger partial charge in [-0.15, -0.1) is 0 Å². The van der Waals surface area contributed by atoms with Crippen molar-refractivity contribution in [1.82, 2.24) is 0 Å². The summed E-state index contributed by atoms with van der Waals surface area (Å²) >= 11 is 0. The van der Waals surface area contributed by atoms with Crippen LogP contribution in [0.25, 0.3) is 11.0 Å². The molecule has 1 aliphatic rings. The number of para-hydroxylation sites is 1. The lowest BCUT2D eigenvalue weighted by Crippen LogP contribution is -2.30. The highest BCUT2D eigenvalue weighted by molar-refractivity contribution is 5.90. The van der Waals surface area contributed by atoms with Gasteiger partial charge in [-0.05, 0) is 25.0 Å². The molecule has 15 heavy (non-hydrogen) atoms. The van der Waals surface area contributed by atoms with Gasteiger partial charge in [-0.1, -0.05) is 12.1 Å². The van der Waals surface area contributed by atoms with Crippen molar-refractivity contribution in [3.8, 4) is 0 Å². The van der Waals surface area contributed by atoms with E-state index < -0.39 is 0 Å². The van der Waals surface area contributed by atoms with Crippen LogP contribution in [0.5, 0.6) is 0 Å². The molecule has 3 heteroatoms. The number of rotatable bonds is 3. The Morgan fingerprint density at radius 1 is 1.33 bits per heavy atom. The van der Waals surface area contributed by atoms with Gasteiger partial charge in [0.1, 0.15) is 11.8 Å². The van der Waals surface area contributed by atoms with Crippen LogP contribution in [0.4, 0.5) is 5.69 Å². The van der Waals surface area contributed by atoms with Crippen LogP contribution in [0.2, 0.25) is 0 Å².